The van der Waals surface area contributed by atoms with Gasteiger partial charge in [-0.2, -0.15) is 0 Å². The van der Waals surface area contributed by atoms with E-state index in [1.54, 1.807) is 18.2 Å². The molecule has 0 aliphatic heterocycles. The molecular formula is C16H15BrN2O2. The minimum absolute atomic E-state index is 0.326. The maximum absolute atomic E-state index is 11.8. The Balaban J connectivity index is 1.89. The molecule has 2 amide bonds. The molecule has 2 rings (SSSR count). The van der Waals surface area contributed by atoms with Crippen molar-refractivity contribution < 1.29 is 9.59 Å². The van der Waals surface area contributed by atoms with Crippen molar-refractivity contribution in [3.63, 3.8) is 0 Å². The van der Waals surface area contributed by atoms with E-state index in [0.29, 0.717) is 12.2 Å². The number of anilines is 1. The van der Waals surface area contributed by atoms with E-state index in [0.717, 1.165) is 15.6 Å². The van der Waals surface area contributed by atoms with Gasteiger partial charge in [0.15, 0.2) is 0 Å². The molecule has 5 heteroatoms. The van der Waals surface area contributed by atoms with Gasteiger partial charge in [-0.1, -0.05) is 51.8 Å². The third-order valence-electron chi connectivity index (χ3n) is 2.82. The second kappa shape index (κ2) is 7.04. The Bertz CT molecular complexity index is 671. The summed E-state index contributed by atoms with van der Waals surface area (Å²) in [7, 11) is 0. The number of hydrogen-bond acceptors (Lipinski definition) is 2. The highest BCUT2D eigenvalue weighted by molar-refractivity contribution is 9.10. The van der Waals surface area contributed by atoms with E-state index >= 15 is 0 Å². The van der Waals surface area contributed by atoms with Crippen LogP contribution in [0.2, 0.25) is 0 Å². The third-order valence-corrected chi connectivity index (χ3v) is 3.32. The molecule has 4 nitrogen and oxygen atoms in total. The van der Waals surface area contributed by atoms with E-state index in [2.05, 4.69) is 26.6 Å². The SMILES string of the molecule is Cc1cccc(CNC(=O)C(=O)Nc2cccc(Br)c2)c1. The van der Waals surface area contributed by atoms with Gasteiger partial charge in [-0.15, -0.1) is 0 Å². The zero-order chi connectivity index (χ0) is 15.2. The molecule has 0 aliphatic rings. The lowest BCUT2D eigenvalue weighted by atomic mass is 10.1. The second-order valence-corrected chi connectivity index (χ2v) is 5.55. The molecule has 108 valence electrons. The molecule has 0 unspecified atom stereocenters. The van der Waals surface area contributed by atoms with Crippen molar-refractivity contribution in [2.45, 2.75) is 13.5 Å². The maximum Gasteiger partial charge on any atom is 0.313 e. The zero-order valence-electron chi connectivity index (χ0n) is 11.5. The van der Waals surface area contributed by atoms with Gasteiger partial charge in [0, 0.05) is 16.7 Å². The summed E-state index contributed by atoms with van der Waals surface area (Å²) in [6.45, 7) is 2.30. The van der Waals surface area contributed by atoms with Gasteiger partial charge in [0.2, 0.25) is 0 Å². The average Bonchev–Trinajstić information content (AvgIpc) is 2.45. The van der Waals surface area contributed by atoms with Crippen molar-refractivity contribution in [2.24, 2.45) is 0 Å². The number of benzene rings is 2. The first kappa shape index (κ1) is 15.3. The molecule has 21 heavy (non-hydrogen) atoms. The Hall–Kier alpha value is -2.14. The highest BCUT2D eigenvalue weighted by Crippen LogP contribution is 2.15. The number of nitrogens with one attached hydrogen (secondary N) is 2. The summed E-state index contributed by atoms with van der Waals surface area (Å²) >= 11 is 3.31. The van der Waals surface area contributed by atoms with Gasteiger partial charge in [-0.25, -0.2) is 0 Å². The molecule has 0 aliphatic carbocycles. The number of halogens is 1. The molecule has 0 heterocycles. The summed E-state index contributed by atoms with van der Waals surface area (Å²) in [5, 5.41) is 5.15. The van der Waals surface area contributed by atoms with Crippen LogP contribution >= 0.6 is 15.9 Å². The number of carbonyl (C=O) groups is 2. The maximum atomic E-state index is 11.8. The highest BCUT2D eigenvalue weighted by Gasteiger charge is 2.13. The van der Waals surface area contributed by atoms with Gasteiger partial charge in [0.1, 0.15) is 0 Å². The number of rotatable bonds is 3. The highest BCUT2D eigenvalue weighted by atomic mass is 79.9. The molecule has 0 saturated carbocycles. The van der Waals surface area contributed by atoms with Crippen molar-refractivity contribution in [2.75, 3.05) is 5.32 Å². The van der Waals surface area contributed by atoms with E-state index in [1.165, 1.54) is 0 Å². The predicted octanol–water partition coefficient (Wildman–Crippen LogP) is 3.01. The van der Waals surface area contributed by atoms with Gasteiger partial charge in [-0.05, 0) is 30.7 Å². The molecule has 2 N–H and O–H groups in total. The molecule has 0 radical (unpaired) electrons. The van der Waals surface area contributed by atoms with Crippen molar-refractivity contribution in [3.8, 4) is 0 Å². The van der Waals surface area contributed by atoms with Gasteiger partial charge < -0.3 is 10.6 Å². The smallest absolute Gasteiger partial charge is 0.313 e. The summed E-state index contributed by atoms with van der Waals surface area (Å²) < 4.78 is 0.834. The second-order valence-electron chi connectivity index (χ2n) is 4.64. The number of carbonyl (C=O) groups excluding carboxylic acids is 2. The number of aryl methyl sites for hydroxylation is 1. The molecule has 0 atom stereocenters. The lowest BCUT2D eigenvalue weighted by Crippen LogP contribution is -2.34. The first-order valence-electron chi connectivity index (χ1n) is 6.45. The Morgan fingerprint density at radius 3 is 2.52 bits per heavy atom. The number of amides is 2. The van der Waals surface area contributed by atoms with Crippen LogP contribution in [-0.2, 0) is 16.1 Å². The van der Waals surface area contributed by atoms with Crippen LogP contribution in [0.3, 0.4) is 0 Å². The minimum Gasteiger partial charge on any atom is -0.344 e. The van der Waals surface area contributed by atoms with E-state index < -0.39 is 11.8 Å². The Kier molecular flexibility index (Phi) is 5.11. The fourth-order valence-electron chi connectivity index (χ4n) is 1.84. The van der Waals surface area contributed by atoms with Crippen LogP contribution in [0.4, 0.5) is 5.69 Å². The van der Waals surface area contributed by atoms with Gasteiger partial charge in [-0.3, -0.25) is 9.59 Å². The number of hydrogen-bond donors (Lipinski definition) is 2. The third kappa shape index (κ3) is 4.72. The summed E-state index contributed by atoms with van der Waals surface area (Å²) in [5.74, 6) is -1.34. The van der Waals surface area contributed by atoms with E-state index in [9.17, 15) is 9.59 Å². The first-order chi connectivity index (χ1) is 10.0. The monoisotopic (exact) mass is 346 g/mol. The first-order valence-corrected chi connectivity index (χ1v) is 7.24. The standard InChI is InChI=1S/C16H15BrN2O2/c1-11-4-2-5-12(8-11)10-18-15(20)16(21)19-14-7-3-6-13(17)9-14/h2-9H,10H2,1H3,(H,18,20)(H,19,21). The predicted molar refractivity (Wildman–Crippen MR) is 85.8 cm³/mol. The Morgan fingerprint density at radius 2 is 1.81 bits per heavy atom. The van der Waals surface area contributed by atoms with Gasteiger partial charge >= 0.3 is 11.8 Å². The fourth-order valence-corrected chi connectivity index (χ4v) is 2.24. The van der Waals surface area contributed by atoms with Crippen LogP contribution in [0.15, 0.2) is 53.0 Å². The van der Waals surface area contributed by atoms with Crippen molar-refractivity contribution >= 4 is 33.4 Å². The van der Waals surface area contributed by atoms with Crippen molar-refractivity contribution in [1.29, 1.82) is 0 Å². The topological polar surface area (TPSA) is 58.2 Å². The molecule has 2 aromatic rings. The van der Waals surface area contributed by atoms with Crippen LogP contribution in [0.5, 0.6) is 0 Å². The molecule has 0 aromatic heterocycles. The van der Waals surface area contributed by atoms with Gasteiger partial charge in [0.05, 0.1) is 0 Å². The normalized spacial score (nSPS) is 10.0. The summed E-state index contributed by atoms with van der Waals surface area (Å²) in [6, 6.07) is 14.8. The minimum atomic E-state index is -0.680. The summed E-state index contributed by atoms with van der Waals surface area (Å²) in [5.41, 5.74) is 2.64. The molecule has 0 fully saturated rings. The zero-order valence-corrected chi connectivity index (χ0v) is 13.1. The van der Waals surface area contributed by atoms with Gasteiger partial charge in [0.25, 0.3) is 0 Å². The largest absolute Gasteiger partial charge is 0.344 e. The van der Waals surface area contributed by atoms with Crippen LogP contribution in [-0.4, -0.2) is 11.8 Å². The molecule has 2 aromatic carbocycles. The van der Waals surface area contributed by atoms with E-state index in [4.69, 9.17) is 0 Å². The lowest BCUT2D eigenvalue weighted by Gasteiger charge is -2.07. The van der Waals surface area contributed by atoms with Crippen LogP contribution in [0.1, 0.15) is 11.1 Å². The van der Waals surface area contributed by atoms with E-state index in [-0.39, 0.29) is 0 Å². The molecular weight excluding hydrogens is 332 g/mol. The van der Waals surface area contributed by atoms with Crippen molar-refractivity contribution in [1.82, 2.24) is 5.32 Å². The lowest BCUT2D eigenvalue weighted by molar-refractivity contribution is -0.136. The van der Waals surface area contributed by atoms with Crippen LogP contribution in [0.25, 0.3) is 0 Å². The average molecular weight is 347 g/mol. The van der Waals surface area contributed by atoms with Crippen LogP contribution < -0.4 is 10.6 Å². The molecule has 0 bridgehead atoms. The fraction of sp³-hybridized carbons (Fsp3) is 0.125. The molecule has 0 spiro atoms. The van der Waals surface area contributed by atoms with Crippen molar-refractivity contribution in [3.05, 3.63) is 64.1 Å². The molecule has 0 saturated heterocycles. The Morgan fingerprint density at radius 1 is 1.05 bits per heavy atom. The summed E-state index contributed by atoms with van der Waals surface area (Å²) in [4.78, 5) is 23.5. The van der Waals surface area contributed by atoms with Crippen LogP contribution in [0, 0.1) is 6.92 Å². The quantitative estimate of drug-likeness (QED) is 0.839. The van der Waals surface area contributed by atoms with E-state index in [1.807, 2.05) is 37.3 Å². The summed E-state index contributed by atoms with van der Waals surface area (Å²) in [6.07, 6.45) is 0. The Labute approximate surface area is 131 Å².